The van der Waals surface area contributed by atoms with Gasteiger partial charge in [-0.2, -0.15) is 5.10 Å². The summed E-state index contributed by atoms with van der Waals surface area (Å²) in [5, 5.41) is 7.79. The summed E-state index contributed by atoms with van der Waals surface area (Å²) in [4.78, 5) is 16.6. The number of anilines is 1. The Labute approximate surface area is 122 Å². The van der Waals surface area contributed by atoms with Crippen LogP contribution in [0.4, 0.5) is 5.69 Å². The van der Waals surface area contributed by atoms with E-state index in [1.54, 1.807) is 12.1 Å². The van der Waals surface area contributed by atoms with E-state index >= 15 is 0 Å². The summed E-state index contributed by atoms with van der Waals surface area (Å²) in [7, 11) is 0. The number of piperazine rings is 1. The van der Waals surface area contributed by atoms with Gasteiger partial charge < -0.3 is 10.6 Å². The molecule has 0 unspecified atom stereocenters. The third-order valence-electron chi connectivity index (χ3n) is 3.76. The maximum Gasteiger partial charge on any atom is 0.275 e. The number of hydrogen-bond donors (Lipinski definition) is 2. The van der Waals surface area contributed by atoms with Gasteiger partial charge in [0.15, 0.2) is 5.69 Å². The van der Waals surface area contributed by atoms with Crippen LogP contribution in [0.2, 0.25) is 0 Å². The number of amides is 1. The molecule has 0 atom stereocenters. The van der Waals surface area contributed by atoms with E-state index in [4.69, 9.17) is 12.2 Å². The van der Waals surface area contributed by atoms with E-state index < -0.39 is 0 Å². The number of nitrogens with one attached hydrogen (secondary N) is 1. The first-order valence-electron chi connectivity index (χ1n) is 6.88. The van der Waals surface area contributed by atoms with Crippen LogP contribution in [0, 0.1) is 12.3 Å². The predicted molar refractivity (Wildman–Crippen MR) is 81.7 cm³/mol. The maximum atomic E-state index is 12.6. The van der Waals surface area contributed by atoms with Crippen molar-refractivity contribution in [2.45, 2.75) is 0 Å². The van der Waals surface area contributed by atoms with Gasteiger partial charge in [-0.3, -0.25) is 14.8 Å². The highest BCUT2D eigenvalue weighted by Crippen LogP contribution is 2.20. The second-order valence-electron chi connectivity index (χ2n) is 5.15. The summed E-state index contributed by atoms with van der Waals surface area (Å²) in [6.07, 6.45) is 5.31. The molecule has 0 radical (unpaired) electrons. The van der Waals surface area contributed by atoms with E-state index in [-0.39, 0.29) is 5.91 Å². The van der Waals surface area contributed by atoms with Crippen molar-refractivity contribution in [1.82, 2.24) is 20.0 Å². The van der Waals surface area contributed by atoms with Crippen molar-refractivity contribution in [1.29, 1.82) is 0 Å². The van der Waals surface area contributed by atoms with E-state index in [1.165, 1.54) is 0 Å². The van der Waals surface area contributed by atoms with Crippen LogP contribution in [-0.4, -0.2) is 58.6 Å². The third kappa shape index (κ3) is 2.56. The van der Waals surface area contributed by atoms with Crippen LogP contribution in [0.3, 0.4) is 0 Å². The fraction of sp³-hybridized carbons (Fsp3) is 0.333. The Kier molecular flexibility index (Phi) is 3.50. The van der Waals surface area contributed by atoms with Crippen molar-refractivity contribution in [3.8, 4) is 12.3 Å². The van der Waals surface area contributed by atoms with Crippen LogP contribution in [-0.2, 0) is 0 Å². The zero-order valence-corrected chi connectivity index (χ0v) is 11.7. The summed E-state index contributed by atoms with van der Waals surface area (Å²) < 4.78 is 0. The van der Waals surface area contributed by atoms with Gasteiger partial charge in [-0.1, -0.05) is 5.92 Å². The Hall–Kier alpha value is -2.52. The highest BCUT2D eigenvalue weighted by atomic mass is 16.2. The lowest BCUT2D eigenvalue weighted by Gasteiger charge is -2.33. The minimum atomic E-state index is -0.0628. The standard InChI is InChI=1S/C15H17N5O/c1-2-5-19-6-8-20(9-7-19)15(21)14-12-10-11(16)3-4-13(12)17-18-14/h1,3-4,10H,5-9,16H2,(H,17,18). The van der Waals surface area contributed by atoms with Gasteiger partial charge in [0.1, 0.15) is 0 Å². The zero-order chi connectivity index (χ0) is 14.8. The molecule has 1 aliphatic rings. The molecule has 0 saturated carbocycles. The summed E-state index contributed by atoms with van der Waals surface area (Å²) in [5.74, 6) is 2.57. The topological polar surface area (TPSA) is 78.2 Å². The molecule has 1 aliphatic heterocycles. The molecule has 21 heavy (non-hydrogen) atoms. The summed E-state index contributed by atoms with van der Waals surface area (Å²) in [6, 6.07) is 5.40. The second kappa shape index (κ2) is 5.46. The summed E-state index contributed by atoms with van der Waals surface area (Å²) in [5.41, 5.74) is 7.66. The number of aromatic nitrogens is 2. The number of terminal acetylenes is 1. The monoisotopic (exact) mass is 283 g/mol. The van der Waals surface area contributed by atoms with Crippen LogP contribution in [0.15, 0.2) is 18.2 Å². The Morgan fingerprint density at radius 3 is 2.86 bits per heavy atom. The van der Waals surface area contributed by atoms with Crippen LogP contribution >= 0.6 is 0 Å². The number of rotatable bonds is 2. The quantitative estimate of drug-likeness (QED) is 0.623. The molecule has 1 fully saturated rings. The number of aromatic amines is 1. The number of nitrogen functional groups attached to an aromatic ring is 1. The maximum absolute atomic E-state index is 12.6. The zero-order valence-electron chi connectivity index (χ0n) is 11.7. The van der Waals surface area contributed by atoms with Gasteiger partial charge in [-0.05, 0) is 18.2 Å². The minimum absolute atomic E-state index is 0.0628. The Bertz CT molecular complexity index is 706. The summed E-state index contributed by atoms with van der Waals surface area (Å²) in [6.45, 7) is 3.54. The van der Waals surface area contributed by atoms with Crippen molar-refractivity contribution >= 4 is 22.5 Å². The van der Waals surface area contributed by atoms with Crippen molar-refractivity contribution in [3.05, 3.63) is 23.9 Å². The van der Waals surface area contributed by atoms with E-state index in [0.29, 0.717) is 31.0 Å². The fourth-order valence-corrected chi connectivity index (χ4v) is 2.58. The Morgan fingerprint density at radius 2 is 2.14 bits per heavy atom. The first kappa shape index (κ1) is 13.5. The predicted octanol–water partition coefficient (Wildman–Crippen LogP) is 0.536. The molecule has 3 N–H and O–H groups in total. The van der Waals surface area contributed by atoms with Gasteiger partial charge in [0.05, 0.1) is 12.1 Å². The number of benzene rings is 1. The molecule has 6 heteroatoms. The largest absolute Gasteiger partial charge is 0.399 e. The molecule has 0 aliphatic carbocycles. The van der Waals surface area contributed by atoms with Gasteiger partial charge >= 0.3 is 0 Å². The van der Waals surface area contributed by atoms with Gasteiger partial charge in [0.25, 0.3) is 5.91 Å². The van der Waals surface area contributed by atoms with E-state index in [0.717, 1.165) is 24.0 Å². The average molecular weight is 283 g/mol. The summed E-state index contributed by atoms with van der Waals surface area (Å²) >= 11 is 0. The lowest BCUT2D eigenvalue weighted by atomic mass is 10.1. The van der Waals surface area contributed by atoms with Crippen LogP contribution in [0.5, 0.6) is 0 Å². The number of carbonyl (C=O) groups is 1. The highest BCUT2D eigenvalue weighted by Gasteiger charge is 2.24. The normalized spacial score (nSPS) is 16.0. The van der Waals surface area contributed by atoms with E-state index in [9.17, 15) is 4.79 Å². The van der Waals surface area contributed by atoms with Crippen LogP contribution in [0.25, 0.3) is 10.9 Å². The average Bonchev–Trinajstić information content (AvgIpc) is 2.90. The minimum Gasteiger partial charge on any atom is -0.399 e. The number of carbonyl (C=O) groups excluding carboxylic acids is 1. The number of nitrogens with two attached hydrogens (primary N) is 1. The molecule has 1 amide bonds. The molecular weight excluding hydrogens is 266 g/mol. The fourth-order valence-electron chi connectivity index (χ4n) is 2.58. The van der Waals surface area contributed by atoms with E-state index in [2.05, 4.69) is 21.0 Å². The van der Waals surface area contributed by atoms with Crippen molar-refractivity contribution < 1.29 is 4.79 Å². The van der Waals surface area contributed by atoms with E-state index in [1.807, 2.05) is 11.0 Å². The number of hydrogen-bond acceptors (Lipinski definition) is 4. The molecule has 1 aromatic heterocycles. The smallest absolute Gasteiger partial charge is 0.275 e. The van der Waals surface area contributed by atoms with Gasteiger partial charge in [0.2, 0.25) is 0 Å². The molecule has 1 saturated heterocycles. The molecule has 0 bridgehead atoms. The molecule has 6 nitrogen and oxygen atoms in total. The van der Waals surface area contributed by atoms with Crippen molar-refractivity contribution in [2.24, 2.45) is 0 Å². The SMILES string of the molecule is C#CCN1CCN(C(=O)c2n[nH]c3ccc(N)cc23)CC1. The first-order chi connectivity index (χ1) is 10.2. The molecule has 2 heterocycles. The van der Waals surface area contributed by atoms with Gasteiger partial charge in [-0.25, -0.2) is 0 Å². The Morgan fingerprint density at radius 1 is 1.38 bits per heavy atom. The third-order valence-corrected chi connectivity index (χ3v) is 3.76. The van der Waals surface area contributed by atoms with Gasteiger partial charge in [0, 0.05) is 37.3 Å². The second-order valence-corrected chi connectivity index (χ2v) is 5.15. The number of H-pyrrole nitrogens is 1. The number of nitrogens with zero attached hydrogens (tertiary/aromatic N) is 3. The molecular formula is C15H17N5O. The highest BCUT2D eigenvalue weighted by molar-refractivity contribution is 6.05. The lowest BCUT2D eigenvalue weighted by Crippen LogP contribution is -2.48. The molecule has 3 rings (SSSR count). The molecule has 1 aromatic carbocycles. The van der Waals surface area contributed by atoms with Crippen LogP contribution in [0.1, 0.15) is 10.5 Å². The van der Waals surface area contributed by atoms with Crippen molar-refractivity contribution in [3.63, 3.8) is 0 Å². The molecule has 2 aromatic rings. The Balaban J connectivity index is 1.79. The van der Waals surface area contributed by atoms with Gasteiger partial charge in [-0.15, -0.1) is 6.42 Å². The lowest BCUT2D eigenvalue weighted by molar-refractivity contribution is 0.0648. The first-order valence-corrected chi connectivity index (χ1v) is 6.88. The van der Waals surface area contributed by atoms with Crippen LogP contribution < -0.4 is 5.73 Å². The molecule has 0 spiro atoms. The van der Waals surface area contributed by atoms with Crippen molar-refractivity contribution in [2.75, 3.05) is 38.5 Å². The number of fused-ring (bicyclic) bond motifs is 1. The molecule has 108 valence electrons.